The number of carbonyl (C=O) groups is 2. The molecule has 0 aliphatic heterocycles. The lowest BCUT2D eigenvalue weighted by Crippen LogP contribution is -2.12. The van der Waals surface area contributed by atoms with Crippen molar-refractivity contribution in [3.05, 3.63) is 29.8 Å². The molecule has 0 aliphatic carbocycles. The Kier molecular flexibility index (Phi) is 3.08. The Morgan fingerprint density at radius 3 is 2.62 bits per heavy atom. The summed E-state index contributed by atoms with van der Waals surface area (Å²) in [7, 11) is 0. The molecule has 0 amide bonds. The molecule has 0 radical (unpaired) electrons. The van der Waals surface area contributed by atoms with Crippen molar-refractivity contribution in [1.82, 2.24) is 0 Å². The molecule has 0 saturated carbocycles. The van der Waals surface area contributed by atoms with Gasteiger partial charge in [0.05, 0.1) is 0 Å². The van der Waals surface area contributed by atoms with Gasteiger partial charge in [0, 0.05) is 10.5 Å². The Bertz CT molecular complexity index is 346. The van der Waals surface area contributed by atoms with Crippen LogP contribution in [0.25, 0.3) is 0 Å². The molecule has 3 nitrogen and oxygen atoms in total. The number of carbonyl (C=O) groups excluding carboxylic acids is 1. The van der Waals surface area contributed by atoms with Crippen LogP contribution in [0.5, 0.6) is 0 Å². The quantitative estimate of drug-likeness (QED) is 0.454. The highest BCUT2D eigenvalue weighted by atomic mass is 32.2. The molecular weight excluding hydrogens is 188 g/mol. The summed E-state index contributed by atoms with van der Waals surface area (Å²) in [6.07, 6.45) is 1.87. The van der Waals surface area contributed by atoms with Gasteiger partial charge in [0.25, 0.3) is 5.78 Å². The van der Waals surface area contributed by atoms with Gasteiger partial charge in [0.15, 0.2) is 0 Å². The van der Waals surface area contributed by atoms with E-state index in [1.54, 1.807) is 12.1 Å². The van der Waals surface area contributed by atoms with E-state index in [2.05, 4.69) is 0 Å². The predicted molar refractivity (Wildman–Crippen MR) is 50.2 cm³/mol. The van der Waals surface area contributed by atoms with Crippen LogP contribution in [-0.2, 0) is 4.79 Å². The summed E-state index contributed by atoms with van der Waals surface area (Å²) < 4.78 is 0. The van der Waals surface area contributed by atoms with Crippen molar-refractivity contribution in [2.24, 2.45) is 0 Å². The molecule has 0 aliphatic rings. The molecule has 13 heavy (non-hydrogen) atoms. The van der Waals surface area contributed by atoms with E-state index >= 15 is 0 Å². The fraction of sp³-hybridized carbons (Fsp3) is 0.111. The Hall–Kier alpha value is -1.29. The molecule has 0 fully saturated rings. The molecule has 1 aromatic carbocycles. The number of hydrogen-bond donors (Lipinski definition) is 1. The van der Waals surface area contributed by atoms with Gasteiger partial charge in [0.1, 0.15) is 0 Å². The highest BCUT2D eigenvalue weighted by molar-refractivity contribution is 7.98. The Morgan fingerprint density at radius 2 is 2.08 bits per heavy atom. The average molecular weight is 196 g/mol. The lowest BCUT2D eigenvalue weighted by Gasteiger charge is -1.98. The van der Waals surface area contributed by atoms with E-state index in [0.29, 0.717) is 0 Å². The van der Waals surface area contributed by atoms with Crippen LogP contribution >= 0.6 is 11.8 Å². The van der Waals surface area contributed by atoms with Crippen molar-refractivity contribution in [1.29, 1.82) is 0 Å². The maximum Gasteiger partial charge on any atom is 0.377 e. The second-order valence-corrected chi connectivity index (χ2v) is 3.25. The van der Waals surface area contributed by atoms with Crippen LogP contribution in [0.3, 0.4) is 0 Å². The Balaban J connectivity index is 3.02. The first-order valence-corrected chi connectivity index (χ1v) is 4.79. The fourth-order valence-electron chi connectivity index (χ4n) is 0.888. The van der Waals surface area contributed by atoms with Crippen molar-refractivity contribution in [2.45, 2.75) is 4.90 Å². The van der Waals surface area contributed by atoms with Crippen LogP contribution in [0.15, 0.2) is 29.2 Å². The van der Waals surface area contributed by atoms with Crippen molar-refractivity contribution >= 4 is 23.5 Å². The molecule has 1 N–H and O–H groups in total. The van der Waals surface area contributed by atoms with E-state index in [-0.39, 0.29) is 5.56 Å². The van der Waals surface area contributed by atoms with Gasteiger partial charge in [-0.25, -0.2) is 4.79 Å². The van der Waals surface area contributed by atoms with Gasteiger partial charge in [0.2, 0.25) is 0 Å². The van der Waals surface area contributed by atoms with Gasteiger partial charge in [-0.1, -0.05) is 12.1 Å². The van der Waals surface area contributed by atoms with Crippen LogP contribution in [-0.4, -0.2) is 23.1 Å². The van der Waals surface area contributed by atoms with E-state index < -0.39 is 11.8 Å². The third kappa shape index (κ3) is 2.32. The number of ketones is 1. The lowest BCUT2D eigenvalue weighted by atomic mass is 10.1. The van der Waals surface area contributed by atoms with Gasteiger partial charge in [-0.15, -0.1) is 11.8 Å². The summed E-state index contributed by atoms with van der Waals surface area (Å²) in [5.41, 5.74) is 0.222. The number of hydrogen-bond acceptors (Lipinski definition) is 3. The standard InChI is InChI=1S/C9H8O3S/c1-13-7-4-2-3-6(5-7)8(10)9(11)12/h2-5H,1H3,(H,11,12). The normalized spacial score (nSPS) is 9.62. The maximum absolute atomic E-state index is 11.0. The average Bonchev–Trinajstić information content (AvgIpc) is 2.16. The van der Waals surface area contributed by atoms with Crippen LogP contribution < -0.4 is 0 Å². The van der Waals surface area contributed by atoms with Crippen LogP contribution in [0.4, 0.5) is 0 Å². The summed E-state index contributed by atoms with van der Waals surface area (Å²) in [5, 5.41) is 8.44. The van der Waals surface area contributed by atoms with Gasteiger partial charge < -0.3 is 5.11 Å². The number of aliphatic carboxylic acids is 1. The summed E-state index contributed by atoms with van der Waals surface area (Å²) >= 11 is 1.47. The third-order valence-electron chi connectivity index (χ3n) is 1.53. The molecule has 0 heterocycles. The second-order valence-electron chi connectivity index (χ2n) is 2.37. The molecule has 1 rings (SSSR count). The van der Waals surface area contributed by atoms with Gasteiger partial charge in [-0.3, -0.25) is 4.79 Å². The number of carboxylic acid groups (broad SMARTS) is 1. The number of Topliss-reactive ketones (excluding diaryl/α,β-unsaturated/α-hetero) is 1. The first-order chi connectivity index (χ1) is 6.15. The molecule has 0 atom stereocenters. The lowest BCUT2D eigenvalue weighted by molar-refractivity contribution is -0.131. The Morgan fingerprint density at radius 1 is 1.38 bits per heavy atom. The second kappa shape index (κ2) is 4.09. The van der Waals surface area contributed by atoms with Crippen molar-refractivity contribution in [3.63, 3.8) is 0 Å². The SMILES string of the molecule is CSc1cccc(C(=O)C(=O)O)c1. The molecule has 0 spiro atoms. The minimum absolute atomic E-state index is 0.222. The van der Waals surface area contributed by atoms with Gasteiger partial charge in [-0.2, -0.15) is 0 Å². The van der Waals surface area contributed by atoms with Crippen LogP contribution in [0.1, 0.15) is 10.4 Å². The highest BCUT2D eigenvalue weighted by Gasteiger charge is 2.13. The number of thioether (sulfide) groups is 1. The molecule has 0 bridgehead atoms. The predicted octanol–water partition coefficient (Wildman–Crippen LogP) is 1.68. The monoisotopic (exact) mass is 196 g/mol. The van der Waals surface area contributed by atoms with E-state index in [1.807, 2.05) is 12.3 Å². The zero-order valence-corrected chi connectivity index (χ0v) is 7.80. The number of rotatable bonds is 3. The topological polar surface area (TPSA) is 54.4 Å². The van der Waals surface area contributed by atoms with E-state index in [4.69, 9.17) is 5.11 Å². The van der Waals surface area contributed by atoms with Gasteiger partial charge >= 0.3 is 5.97 Å². The van der Waals surface area contributed by atoms with Crippen LogP contribution in [0, 0.1) is 0 Å². The summed E-state index contributed by atoms with van der Waals surface area (Å²) in [6.45, 7) is 0. The largest absolute Gasteiger partial charge is 0.475 e. The number of carboxylic acids is 1. The summed E-state index contributed by atoms with van der Waals surface area (Å²) in [5.74, 6) is -2.28. The minimum atomic E-state index is -1.42. The molecular formula is C9H8O3S. The van der Waals surface area contributed by atoms with Crippen LogP contribution in [0.2, 0.25) is 0 Å². The zero-order valence-electron chi connectivity index (χ0n) is 6.98. The van der Waals surface area contributed by atoms with Crippen molar-refractivity contribution in [3.8, 4) is 0 Å². The number of benzene rings is 1. The first-order valence-electron chi connectivity index (χ1n) is 3.57. The third-order valence-corrected chi connectivity index (χ3v) is 2.25. The molecule has 4 heteroatoms. The van der Waals surface area contributed by atoms with E-state index in [0.717, 1.165) is 4.90 Å². The fourth-order valence-corrected chi connectivity index (χ4v) is 1.35. The minimum Gasteiger partial charge on any atom is -0.475 e. The highest BCUT2D eigenvalue weighted by Crippen LogP contribution is 2.15. The van der Waals surface area contributed by atoms with Gasteiger partial charge in [-0.05, 0) is 18.4 Å². The molecule has 0 saturated heterocycles. The van der Waals surface area contributed by atoms with E-state index in [1.165, 1.54) is 17.8 Å². The summed E-state index contributed by atoms with van der Waals surface area (Å²) in [4.78, 5) is 22.2. The molecule has 0 aromatic heterocycles. The molecule has 68 valence electrons. The maximum atomic E-state index is 11.0. The van der Waals surface area contributed by atoms with Crippen molar-refractivity contribution < 1.29 is 14.7 Å². The van der Waals surface area contributed by atoms with Crippen molar-refractivity contribution in [2.75, 3.05) is 6.26 Å². The smallest absolute Gasteiger partial charge is 0.377 e. The molecule has 0 unspecified atom stereocenters. The first kappa shape index (κ1) is 9.80. The van der Waals surface area contributed by atoms with E-state index in [9.17, 15) is 9.59 Å². The zero-order chi connectivity index (χ0) is 9.84. The molecule has 1 aromatic rings. The summed E-state index contributed by atoms with van der Waals surface area (Å²) in [6, 6.07) is 6.56. The Labute approximate surface area is 79.8 Å².